The number of hydrogen-bond donors (Lipinski definition) is 1. The molecule has 3 aromatic rings. The molecule has 1 N–H and O–H groups in total. The van der Waals surface area contributed by atoms with Crippen molar-refractivity contribution in [3.63, 3.8) is 0 Å². The van der Waals surface area contributed by atoms with Gasteiger partial charge in [0.1, 0.15) is 11.5 Å². The van der Waals surface area contributed by atoms with Crippen LogP contribution in [0.1, 0.15) is 22.3 Å². The fourth-order valence-corrected chi connectivity index (χ4v) is 2.91. The second-order valence-corrected chi connectivity index (χ2v) is 6.86. The van der Waals surface area contributed by atoms with Gasteiger partial charge in [0.15, 0.2) is 0 Å². The number of rotatable bonds is 7. The summed E-state index contributed by atoms with van der Waals surface area (Å²) < 4.78 is 8.69. The summed E-state index contributed by atoms with van der Waals surface area (Å²) in [5, 5.41) is 7.18. The second kappa shape index (κ2) is 8.67. The topological polar surface area (TPSA) is 56.2 Å². The minimum Gasteiger partial charge on any atom is -0.456 e. The van der Waals surface area contributed by atoms with E-state index in [9.17, 15) is 4.79 Å². The number of nitrogens with one attached hydrogen (secondary N) is 1. The van der Waals surface area contributed by atoms with E-state index in [1.54, 1.807) is 12.1 Å². The van der Waals surface area contributed by atoms with Gasteiger partial charge < -0.3 is 10.1 Å². The number of hydrogen-bond acceptors (Lipinski definition) is 3. The molecule has 26 heavy (non-hydrogen) atoms. The minimum absolute atomic E-state index is 0.146. The first kappa shape index (κ1) is 18.2. The molecule has 6 heteroatoms. The van der Waals surface area contributed by atoms with Crippen LogP contribution in [0.25, 0.3) is 0 Å². The highest BCUT2D eigenvalue weighted by atomic mass is 79.9. The maximum Gasteiger partial charge on any atom is 0.255 e. The molecule has 1 heterocycles. The minimum atomic E-state index is -0.146. The molecule has 0 atom stereocenters. The molecule has 5 nitrogen and oxygen atoms in total. The molecule has 0 aliphatic heterocycles. The largest absolute Gasteiger partial charge is 0.456 e. The predicted octanol–water partition coefficient (Wildman–Crippen LogP) is 4.57. The smallest absolute Gasteiger partial charge is 0.255 e. The molecule has 0 saturated heterocycles. The average Bonchev–Trinajstić information content (AvgIpc) is 3.04. The third kappa shape index (κ3) is 4.95. The molecule has 0 aliphatic carbocycles. The van der Waals surface area contributed by atoms with Gasteiger partial charge in [0.2, 0.25) is 0 Å². The van der Waals surface area contributed by atoms with Crippen LogP contribution < -0.4 is 10.1 Å². The molecule has 0 fully saturated rings. The molecule has 2 aromatic carbocycles. The van der Waals surface area contributed by atoms with E-state index < -0.39 is 0 Å². The second-order valence-electron chi connectivity index (χ2n) is 5.95. The van der Waals surface area contributed by atoms with E-state index in [2.05, 4.69) is 26.3 Å². The van der Waals surface area contributed by atoms with E-state index in [0.29, 0.717) is 23.6 Å². The molecular formula is C20H20BrN3O2. The Morgan fingerprint density at radius 3 is 2.85 bits per heavy atom. The van der Waals surface area contributed by atoms with Crippen LogP contribution in [0, 0.1) is 6.92 Å². The van der Waals surface area contributed by atoms with Crippen molar-refractivity contribution in [2.45, 2.75) is 19.9 Å². The summed E-state index contributed by atoms with van der Waals surface area (Å²) in [7, 11) is 0. The van der Waals surface area contributed by atoms with E-state index >= 15 is 0 Å². The maximum absolute atomic E-state index is 12.5. The van der Waals surface area contributed by atoms with Crippen LogP contribution in [0.4, 0.5) is 0 Å². The van der Waals surface area contributed by atoms with Gasteiger partial charge in [-0.25, -0.2) is 0 Å². The normalized spacial score (nSPS) is 10.5. The Bertz CT molecular complexity index is 892. The van der Waals surface area contributed by atoms with Gasteiger partial charge >= 0.3 is 0 Å². The fraction of sp³-hybridized carbons (Fsp3) is 0.200. The van der Waals surface area contributed by atoms with Crippen molar-refractivity contribution in [1.29, 1.82) is 0 Å². The molecule has 0 saturated carbocycles. The Morgan fingerprint density at radius 1 is 1.23 bits per heavy atom. The Labute approximate surface area is 161 Å². The first-order valence-electron chi connectivity index (χ1n) is 8.41. The van der Waals surface area contributed by atoms with Crippen molar-refractivity contribution in [2.75, 3.05) is 6.54 Å². The first-order valence-corrected chi connectivity index (χ1v) is 9.21. The van der Waals surface area contributed by atoms with Gasteiger partial charge in [-0.2, -0.15) is 5.10 Å². The third-order valence-electron chi connectivity index (χ3n) is 3.77. The zero-order valence-electron chi connectivity index (χ0n) is 14.5. The Hall–Kier alpha value is -2.60. The van der Waals surface area contributed by atoms with Crippen LogP contribution in [0.3, 0.4) is 0 Å². The summed E-state index contributed by atoms with van der Waals surface area (Å²) in [4.78, 5) is 12.5. The van der Waals surface area contributed by atoms with E-state index in [4.69, 9.17) is 4.74 Å². The highest BCUT2D eigenvalue weighted by Crippen LogP contribution is 2.27. The number of carbonyl (C=O) groups excluding carboxylic acids is 1. The first-order chi connectivity index (χ1) is 12.6. The van der Waals surface area contributed by atoms with Crippen LogP contribution in [0.15, 0.2) is 65.4 Å². The van der Waals surface area contributed by atoms with Crippen molar-refractivity contribution < 1.29 is 9.53 Å². The lowest BCUT2D eigenvalue weighted by Gasteiger charge is -2.11. The quantitative estimate of drug-likeness (QED) is 0.577. The maximum atomic E-state index is 12.5. The molecule has 3 rings (SSSR count). The molecule has 0 radical (unpaired) electrons. The number of aryl methyl sites for hydroxylation is 2. The molecule has 1 aromatic heterocycles. The van der Waals surface area contributed by atoms with Gasteiger partial charge in [-0.3, -0.25) is 9.48 Å². The Morgan fingerprint density at radius 2 is 2.08 bits per heavy atom. The van der Waals surface area contributed by atoms with Crippen LogP contribution >= 0.6 is 15.9 Å². The number of aromatic nitrogens is 2. The lowest BCUT2D eigenvalue weighted by atomic mass is 10.2. The summed E-state index contributed by atoms with van der Waals surface area (Å²) in [6, 6.07) is 14.8. The van der Waals surface area contributed by atoms with Crippen LogP contribution in [0.2, 0.25) is 0 Å². The highest BCUT2D eigenvalue weighted by Gasteiger charge is 2.12. The molecule has 134 valence electrons. The van der Waals surface area contributed by atoms with Crippen LogP contribution in [0.5, 0.6) is 11.5 Å². The highest BCUT2D eigenvalue weighted by molar-refractivity contribution is 9.10. The van der Waals surface area contributed by atoms with E-state index in [1.807, 2.05) is 60.4 Å². The number of nitrogens with zero attached hydrogens (tertiary/aromatic N) is 2. The zero-order valence-corrected chi connectivity index (χ0v) is 16.1. The van der Waals surface area contributed by atoms with Gasteiger partial charge in [-0.15, -0.1) is 0 Å². The average molecular weight is 414 g/mol. The predicted molar refractivity (Wildman–Crippen MR) is 105 cm³/mol. The number of carbonyl (C=O) groups is 1. The number of amides is 1. The fourth-order valence-electron chi connectivity index (χ4n) is 2.53. The van der Waals surface area contributed by atoms with Crippen molar-refractivity contribution in [3.8, 4) is 11.5 Å². The van der Waals surface area contributed by atoms with E-state index in [-0.39, 0.29) is 5.91 Å². The number of para-hydroxylation sites is 1. The van der Waals surface area contributed by atoms with E-state index in [0.717, 1.165) is 23.0 Å². The van der Waals surface area contributed by atoms with Gasteiger partial charge in [0, 0.05) is 23.8 Å². The van der Waals surface area contributed by atoms with Crippen molar-refractivity contribution >= 4 is 21.8 Å². The van der Waals surface area contributed by atoms with Gasteiger partial charge in [0.05, 0.1) is 11.8 Å². The summed E-state index contributed by atoms with van der Waals surface area (Å²) >= 11 is 3.42. The molecule has 0 spiro atoms. The molecule has 0 bridgehead atoms. The van der Waals surface area contributed by atoms with Gasteiger partial charge in [-0.1, -0.05) is 34.1 Å². The number of benzene rings is 2. The Balaban J connectivity index is 1.58. The van der Waals surface area contributed by atoms with Crippen molar-refractivity contribution in [3.05, 3.63) is 76.5 Å². The molecule has 1 amide bonds. The summed E-state index contributed by atoms with van der Waals surface area (Å²) in [5.74, 6) is 1.06. The van der Waals surface area contributed by atoms with Crippen LogP contribution in [-0.2, 0) is 6.54 Å². The van der Waals surface area contributed by atoms with Crippen molar-refractivity contribution in [2.24, 2.45) is 0 Å². The standard InChI is InChI=1S/C20H20BrN3O2/c1-15-13-23-24(14-15)11-5-10-22-20(25)18-8-2-3-9-19(18)26-17-7-4-6-16(21)12-17/h2-4,6-9,12-14H,5,10-11H2,1H3,(H,22,25). The number of ether oxygens (including phenoxy) is 1. The SMILES string of the molecule is Cc1cnn(CCCNC(=O)c2ccccc2Oc2cccc(Br)c2)c1. The number of halogens is 1. The van der Waals surface area contributed by atoms with E-state index in [1.165, 1.54) is 0 Å². The summed E-state index contributed by atoms with van der Waals surface area (Å²) in [5.41, 5.74) is 1.65. The monoisotopic (exact) mass is 413 g/mol. The lowest BCUT2D eigenvalue weighted by Crippen LogP contribution is -2.25. The van der Waals surface area contributed by atoms with Crippen molar-refractivity contribution in [1.82, 2.24) is 15.1 Å². The van der Waals surface area contributed by atoms with Crippen LogP contribution in [-0.4, -0.2) is 22.2 Å². The summed E-state index contributed by atoms with van der Waals surface area (Å²) in [6.45, 7) is 3.35. The van der Waals surface area contributed by atoms with Gasteiger partial charge in [0.25, 0.3) is 5.91 Å². The summed E-state index contributed by atoms with van der Waals surface area (Å²) in [6.07, 6.45) is 4.62. The molecular weight excluding hydrogens is 394 g/mol. The molecule has 0 aliphatic rings. The zero-order chi connectivity index (χ0) is 18.4. The third-order valence-corrected chi connectivity index (χ3v) is 4.26. The molecule has 0 unspecified atom stereocenters. The lowest BCUT2D eigenvalue weighted by molar-refractivity contribution is 0.0950. The Kier molecular flexibility index (Phi) is 6.07. The van der Waals surface area contributed by atoms with Gasteiger partial charge in [-0.05, 0) is 49.2 Å².